The maximum Gasteiger partial charge on any atom is 0.418 e. The molecule has 0 fully saturated rings. The number of rotatable bonds is 4. The molecule has 4 rings (SSSR count). The summed E-state index contributed by atoms with van der Waals surface area (Å²) in [7, 11) is 1.56. The first kappa shape index (κ1) is 18.6. The molecule has 0 saturated heterocycles. The molecular weight excluding hydrogens is 385 g/mol. The molecule has 6 nitrogen and oxygen atoms in total. The zero-order chi connectivity index (χ0) is 20.6. The number of ether oxygens (including phenoxy) is 1. The summed E-state index contributed by atoms with van der Waals surface area (Å²) in [6.45, 7) is 0.117. The van der Waals surface area contributed by atoms with Crippen LogP contribution >= 0.6 is 0 Å². The standard InChI is InChI=1S/C20H13F3N4O2/c1-28-14-5-2-12(3-6-14)19-25-17(26-29-19)11-27-9-8-15-16(27)7-4-13(10-24)18(15)20(21,22)23/h2-9H,11H2,1H3. The molecule has 0 bridgehead atoms. The van der Waals surface area contributed by atoms with Crippen molar-refractivity contribution in [2.24, 2.45) is 0 Å². The van der Waals surface area contributed by atoms with Crippen molar-refractivity contribution >= 4 is 10.9 Å². The third kappa shape index (κ3) is 3.40. The number of methoxy groups -OCH3 is 1. The quantitative estimate of drug-likeness (QED) is 0.501. The van der Waals surface area contributed by atoms with Crippen LogP contribution in [0.25, 0.3) is 22.4 Å². The highest BCUT2D eigenvalue weighted by Gasteiger charge is 2.36. The van der Waals surface area contributed by atoms with E-state index in [0.29, 0.717) is 28.5 Å². The van der Waals surface area contributed by atoms with E-state index in [1.807, 2.05) is 0 Å². The topological polar surface area (TPSA) is 76.9 Å². The van der Waals surface area contributed by atoms with E-state index in [4.69, 9.17) is 14.5 Å². The first-order valence-electron chi connectivity index (χ1n) is 8.47. The molecule has 2 heterocycles. The minimum Gasteiger partial charge on any atom is -0.497 e. The fraction of sp³-hybridized carbons (Fsp3) is 0.150. The summed E-state index contributed by atoms with van der Waals surface area (Å²) in [5.74, 6) is 1.29. The molecule has 0 N–H and O–H groups in total. The smallest absolute Gasteiger partial charge is 0.418 e. The predicted octanol–water partition coefficient (Wildman–Crippen LogP) is 4.64. The molecule has 0 amide bonds. The van der Waals surface area contributed by atoms with Crippen LogP contribution in [0.2, 0.25) is 0 Å². The van der Waals surface area contributed by atoms with Crippen molar-refractivity contribution in [3.63, 3.8) is 0 Å². The second-order valence-corrected chi connectivity index (χ2v) is 6.22. The van der Waals surface area contributed by atoms with E-state index in [0.717, 1.165) is 0 Å². The second-order valence-electron chi connectivity index (χ2n) is 6.22. The van der Waals surface area contributed by atoms with Crippen molar-refractivity contribution in [2.75, 3.05) is 7.11 Å². The van der Waals surface area contributed by atoms with Gasteiger partial charge in [0.2, 0.25) is 0 Å². The lowest BCUT2D eigenvalue weighted by Gasteiger charge is -2.11. The predicted molar refractivity (Wildman–Crippen MR) is 97.0 cm³/mol. The molecule has 2 aromatic heterocycles. The third-order valence-corrected chi connectivity index (χ3v) is 4.47. The minimum absolute atomic E-state index is 0.0459. The number of hydrogen-bond donors (Lipinski definition) is 0. The van der Waals surface area contributed by atoms with Gasteiger partial charge in [0.15, 0.2) is 5.82 Å². The highest BCUT2D eigenvalue weighted by Crippen LogP contribution is 2.37. The Kier molecular flexibility index (Phi) is 4.47. The van der Waals surface area contributed by atoms with Crippen LogP contribution in [0.3, 0.4) is 0 Å². The summed E-state index contributed by atoms with van der Waals surface area (Å²) in [5.41, 5.74) is -0.334. The first-order valence-corrected chi connectivity index (χ1v) is 8.47. The van der Waals surface area contributed by atoms with E-state index in [2.05, 4.69) is 10.1 Å². The number of aromatic nitrogens is 3. The summed E-state index contributed by atoms with van der Waals surface area (Å²) < 4.78 is 52.3. The average Bonchev–Trinajstić information content (AvgIpc) is 3.34. The van der Waals surface area contributed by atoms with Gasteiger partial charge in [0.25, 0.3) is 5.89 Å². The Morgan fingerprint density at radius 1 is 1.14 bits per heavy atom. The molecule has 0 aliphatic rings. The SMILES string of the molecule is COc1ccc(-c2nc(Cn3ccc4c(C(F)(F)F)c(C#N)ccc43)no2)cc1. The van der Waals surface area contributed by atoms with E-state index in [-0.39, 0.29) is 11.9 Å². The van der Waals surface area contributed by atoms with Crippen LogP contribution in [0.5, 0.6) is 5.75 Å². The summed E-state index contributed by atoms with van der Waals surface area (Å²) >= 11 is 0. The molecule has 0 unspecified atom stereocenters. The van der Waals surface area contributed by atoms with Crippen molar-refractivity contribution < 1.29 is 22.4 Å². The Balaban J connectivity index is 1.67. The molecule has 0 aliphatic carbocycles. The van der Waals surface area contributed by atoms with Crippen molar-refractivity contribution in [3.05, 3.63) is 65.6 Å². The van der Waals surface area contributed by atoms with Crippen LogP contribution < -0.4 is 4.74 Å². The fourth-order valence-electron chi connectivity index (χ4n) is 3.13. The Bertz CT molecular complexity index is 1220. The van der Waals surface area contributed by atoms with Gasteiger partial charge in [0.05, 0.1) is 30.9 Å². The maximum atomic E-state index is 13.4. The van der Waals surface area contributed by atoms with E-state index in [1.165, 1.54) is 24.4 Å². The number of alkyl halides is 3. The van der Waals surface area contributed by atoms with Crippen LogP contribution in [0.4, 0.5) is 13.2 Å². The van der Waals surface area contributed by atoms with Gasteiger partial charge in [-0.05, 0) is 42.5 Å². The van der Waals surface area contributed by atoms with Gasteiger partial charge >= 0.3 is 6.18 Å². The van der Waals surface area contributed by atoms with Gasteiger partial charge in [-0.3, -0.25) is 0 Å². The Morgan fingerprint density at radius 2 is 1.90 bits per heavy atom. The van der Waals surface area contributed by atoms with Crippen LogP contribution in [-0.2, 0) is 12.7 Å². The molecule has 146 valence electrons. The Morgan fingerprint density at radius 3 is 2.55 bits per heavy atom. The van der Waals surface area contributed by atoms with Crippen molar-refractivity contribution in [1.29, 1.82) is 5.26 Å². The van der Waals surface area contributed by atoms with Crippen LogP contribution in [0, 0.1) is 11.3 Å². The summed E-state index contributed by atoms with van der Waals surface area (Å²) in [4.78, 5) is 4.31. The van der Waals surface area contributed by atoms with Crippen molar-refractivity contribution in [2.45, 2.75) is 12.7 Å². The summed E-state index contributed by atoms with van der Waals surface area (Å²) in [6, 6.07) is 12.6. The number of benzene rings is 2. The molecule has 4 aromatic rings. The molecule has 2 aromatic carbocycles. The Hall–Kier alpha value is -3.80. The number of halogens is 3. The molecule has 0 saturated carbocycles. The average molecular weight is 398 g/mol. The minimum atomic E-state index is -4.63. The van der Waals surface area contributed by atoms with E-state index < -0.39 is 17.3 Å². The zero-order valence-electron chi connectivity index (χ0n) is 15.1. The van der Waals surface area contributed by atoms with Crippen molar-refractivity contribution in [3.8, 4) is 23.3 Å². The van der Waals surface area contributed by atoms with E-state index >= 15 is 0 Å². The van der Waals surface area contributed by atoms with Gasteiger partial charge < -0.3 is 13.8 Å². The third-order valence-electron chi connectivity index (χ3n) is 4.47. The van der Waals surface area contributed by atoms with Gasteiger partial charge in [-0.2, -0.15) is 23.4 Å². The lowest BCUT2D eigenvalue weighted by atomic mass is 10.0. The lowest BCUT2D eigenvalue weighted by Crippen LogP contribution is -2.09. The fourth-order valence-corrected chi connectivity index (χ4v) is 3.13. The lowest BCUT2D eigenvalue weighted by molar-refractivity contribution is -0.136. The number of fused-ring (bicyclic) bond motifs is 1. The van der Waals surface area contributed by atoms with Gasteiger partial charge in [-0.1, -0.05) is 5.16 Å². The zero-order valence-corrected chi connectivity index (χ0v) is 15.1. The summed E-state index contributed by atoms with van der Waals surface area (Å²) in [6.07, 6.45) is -3.13. The number of nitrogens with zero attached hydrogens (tertiary/aromatic N) is 4. The largest absolute Gasteiger partial charge is 0.497 e. The first-order chi connectivity index (χ1) is 13.9. The molecule has 0 aliphatic heterocycles. The van der Waals surface area contributed by atoms with Crippen LogP contribution in [0.1, 0.15) is 17.0 Å². The molecule has 0 spiro atoms. The molecule has 0 radical (unpaired) electrons. The highest BCUT2D eigenvalue weighted by molar-refractivity contribution is 5.86. The number of nitriles is 1. The second kappa shape index (κ2) is 6.98. The van der Waals surface area contributed by atoms with Gasteiger partial charge in [-0.15, -0.1) is 0 Å². The molecule has 29 heavy (non-hydrogen) atoms. The van der Waals surface area contributed by atoms with Gasteiger partial charge in [0, 0.05) is 22.7 Å². The molecule has 0 atom stereocenters. The van der Waals surface area contributed by atoms with Crippen LogP contribution in [0.15, 0.2) is 53.2 Å². The Labute approximate surface area is 162 Å². The molecule has 9 heteroatoms. The number of hydrogen-bond acceptors (Lipinski definition) is 5. The maximum absolute atomic E-state index is 13.4. The van der Waals surface area contributed by atoms with E-state index in [1.54, 1.807) is 42.0 Å². The van der Waals surface area contributed by atoms with Gasteiger partial charge in [0.1, 0.15) is 5.75 Å². The summed E-state index contributed by atoms with van der Waals surface area (Å²) in [5, 5.41) is 12.9. The normalized spacial score (nSPS) is 11.6. The van der Waals surface area contributed by atoms with Crippen LogP contribution in [-0.4, -0.2) is 21.8 Å². The molecular formula is C20H13F3N4O2. The monoisotopic (exact) mass is 398 g/mol. The van der Waals surface area contributed by atoms with Gasteiger partial charge in [-0.25, -0.2) is 0 Å². The van der Waals surface area contributed by atoms with E-state index in [9.17, 15) is 13.2 Å². The highest BCUT2D eigenvalue weighted by atomic mass is 19.4. The van der Waals surface area contributed by atoms with Crippen molar-refractivity contribution in [1.82, 2.24) is 14.7 Å².